The van der Waals surface area contributed by atoms with Crippen molar-refractivity contribution in [1.29, 1.82) is 0 Å². The van der Waals surface area contributed by atoms with E-state index < -0.39 is 11.4 Å². The maximum absolute atomic E-state index is 11.3. The molecule has 0 saturated carbocycles. The van der Waals surface area contributed by atoms with Crippen molar-refractivity contribution < 1.29 is 14.6 Å². The third kappa shape index (κ3) is 4.53. The number of likely N-dealkylation sites (N-methyl/N-ethyl adjacent to an activating group) is 1. The molecule has 0 fully saturated rings. The van der Waals surface area contributed by atoms with Crippen molar-refractivity contribution in [2.24, 2.45) is 5.41 Å². The van der Waals surface area contributed by atoms with E-state index in [1.165, 1.54) is 5.56 Å². The Morgan fingerprint density at radius 2 is 2.00 bits per heavy atom. The predicted molar refractivity (Wildman–Crippen MR) is 80.4 cm³/mol. The lowest BCUT2D eigenvalue weighted by Gasteiger charge is -2.21. The van der Waals surface area contributed by atoms with Gasteiger partial charge in [-0.15, -0.1) is 0 Å². The summed E-state index contributed by atoms with van der Waals surface area (Å²) in [6.45, 7) is 4.44. The summed E-state index contributed by atoms with van der Waals surface area (Å²) in [4.78, 5) is 13.4. The van der Waals surface area contributed by atoms with E-state index in [2.05, 4.69) is 11.0 Å². The lowest BCUT2D eigenvalue weighted by atomic mass is 9.85. The molecule has 1 aromatic carbocycles. The van der Waals surface area contributed by atoms with Gasteiger partial charge in [-0.1, -0.05) is 12.1 Å². The van der Waals surface area contributed by atoms with Crippen LogP contribution in [0, 0.1) is 5.41 Å². The molecule has 4 heteroatoms. The van der Waals surface area contributed by atoms with Crippen LogP contribution < -0.4 is 4.74 Å². The minimum atomic E-state index is -0.798. The highest BCUT2D eigenvalue weighted by Gasteiger charge is 2.28. The highest BCUT2D eigenvalue weighted by atomic mass is 16.5. The number of rotatable bonds is 7. The lowest BCUT2D eigenvalue weighted by molar-refractivity contribution is -0.146. The highest BCUT2D eigenvalue weighted by molar-refractivity contribution is 5.74. The topological polar surface area (TPSA) is 49.8 Å². The van der Waals surface area contributed by atoms with Gasteiger partial charge in [0, 0.05) is 6.54 Å². The summed E-state index contributed by atoms with van der Waals surface area (Å²) >= 11 is 0. The molecule has 20 heavy (non-hydrogen) atoms. The Morgan fingerprint density at radius 1 is 1.35 bits per heavy atom. The van der Waals surface area contributed by atoms with E-state index in [9.17, 15) is 9.90 Å². The molecule has 1 aromatic rings. The van der Waals surface area contributed by atoms with E-state index in [4.69, 9.17) is 4.74 Å². The van der Waals surface area contributed by atoms with Gasteiger partial charge in [0.05, 0.1) is 12.5 Å². The molecule has 0 bridgehead atoms. The molecule has 0 aromatic heterocycles. The monoisotopic (exact) mass is 279 g/mol. The SMILES string of the molecule is COc1ccc(CCN(C)C)cc1CC(C)(C)C(=O)O. The van der Waals surface area contributed by atoms with Crippen molar-refractivity contribution in [2.75, 3.05) is 27.7 Å². The van der Waals surface area contributed by atoms with Crippen LogP contribution in [0.1, 0.15) is 25.0 Å². The van der Waals surface area contributed by atoms with Crippen molar-refractivity contribution in [2.45, 2.75) is 26.7 Å². The van der Waals surface area contributed by atoms with Gasteiger partial charge >= 0.3 is 5.97 Å². The second kappa shape index (κ2) is 6.75. The van der Waals surface area contributed by atoms with Gasteiger partial charge in [0.15, 0.2) is 0 Å². The second-order valence-electron chi connectivity index (χ2n) is 6.07. The number of carbonyl (C=O) groups is 1. The van der Waals surface area contributed by atoms with Crippen LogP contribution in [0.5, 0.6) is 5.75 Å². The van der Waals surface area contributed by atoms with Crippen molar-refractivity contribution >= 4 is 5.97 Å². The average molecular weight is 279 g/mol. The summed E-state index contributed by atoms with van der Waals surface area (Å²) in [7, 11) is 5.70. The molecule has 1 rings (SSSR count). The van der Waals surface area contributed by atoms with E-state index in [0.29, 0.717) is 6.42 Å². The van der Waals surface area contributed by atoms with Crippen molar-refractivity contribution in [3.63, 3.8) is 0 Å². The van der Waals surface area contributed by atoms with E-state index in [1.54, 1.807) is 21.0 Å². The zero-order valence-electron chi connectivity index (χ0n) is 13.1. The molecule has 0 aliphatic rings. The smallest absolute Gasteiger partial charge is 0.309 e. The first-order valence-corrected chi connectivity index (χ1v) is 6.80. The number of aliphatic carboxylic acids is 1. The van der Waals surface area contributed by atoms with Gasteiger partial charge in [-0.05, 0) is 58.0 Å². The fraction of sp³-hybridized carbons (Fsp3) is 0.562. The molecular formula is C16H25NO3. The largest absolute Gasteiger partial charge is 0.496 e. The number of carboxylic acid groups (broad SMARTS) is 1. The molecule has 1 N–H and O–H groups in total. The quantitative estimate of drug-likeness (QED) is 0.833. The Labute approximate surface area is 121 Å². The van der Waals surface area contributed by atoms with Gasteiger partial charge in [-0.3, -0.25) is 4.79 Å². The first-order valence-electron chi connectivity index (χ1n) is 6.80. The van der Waals surface area contributed by atoms with E-state index in [0.717, 1.165) is 24.3 Å². The third-order valence-corrected chi connectivity index (χ3v) is 3.40. The lowest BCUT2D eigenvalue weighted by Crippen LogP contribution is -2.26. The van der Waals surface area contributed by atoms with Gasteiger partial charge in [-0.25, -0.2) is 0 Å². The molecule has 0 heterocycles. The van der Waals surface area contributed by atoms with Gasteiger partial charge in [-0.2, -0.15) is 0 Å². The fourth-order valence-corrected chi connectivity index (χ4v) is 2.03. The molecule has 112 valence electrons. The van der Waals surface area contributed by atoms with Gasteiger partial charge < -0.3 is 14.7 Å². The van der Waals surface area contributed by atoms with Crippen LogP contribution >= 0.6 is 0 Å². The van der Waals surface area contributed by atoms with Crippen LogP contribution in [0.2, 0.25) is 0 Å². The van der Waals surface area contributed by atoms with E-state index >= 15 is 0 Å². The minimum absolute atomic E-state index is 0.460. The van der Waals surface area contributed by atoms with Crippen LogP contribution in [0.3, 0.4) is 0 Å². The van der Waals surface area contributed by atoms with Gasteiger partial charge in [0.1, 0.15) is 5.75 Å². The molecular weight excluding hydrogens is 254 g/mol. The molecule has 0 unspecified atom stereocenters. The summed E-state index contributed by atoms with van der Waals surface area (Å²) in [5.41, 5.74) is 1.36. The zero-order chi connectivity index (χ0) is 15.3. The Balaban J connectivity index is 2.97. The first kappa shape index (κ1) is 16.5. The molecule has 0 spiro atoms. The number of nitrogens with zero attached hydrogens (tertiary/aromatic N) is 1. The van der Waals surface area contributed by atoms with Gasteiger partial charge in [0.25, 0.3) is 0 Å². The van der Waals surface area contributed by atoms with Crippen LogP contribution in [-0.2, 0) is 17.6 Å². The maximum atomic E-state index is 11.3. The minimum Gasteiger partial charge on any atom is -0.496 e. The predicted octanol–water partition coefficient (Wildman–Crippen LogP) is 2.45. The first-order chi connectivity index (χ1) is 9.26. The standard InChI is InChI=1S/C16H25NO3/c1-16(2,15(18)19)11-13-10-12(8-9-17(3)4)6-7-14(13)20-5/h6-7,10H,8-9,11H2,1-5H3,(H,18,19). The third-order valence-electron chi connectivity index (χ3n) is 3.40. The average Bonchev–Trinajstić information content (AvgIpc) is 2.36. The Kier molecular flexibility index (Phi) is 5.57. The zero-order valence-corrected chi connectivity index (χ0v) is 13.1. The molecule has 0 aliphatic carbocycles. The summed E-state index contributed by atoms with van der Waals surface area (Å²) in [6.07, 6.45) is 1.40. The number of hydrogen-bond acceptors (Lipinski definition) is 3. The summed E-state index contributed by atoms with van der Waals surface area (Å²) < 4.78 is 5.35. The van der Waals surface area contributed by atoms with E-state index in [-0.39, 0.29) is 0 Å². The number of ether oxygens (including phenoxy) is 1. The van der Waals surface area contributed by atoms with Crippen LogP contribution in [0.4, 0.5) is 0 Å². The molecule has 0 aliphatic heterocycles. The molecule has 0 radical (unpaired) electrons. The van der Waals surface area contributed by atoms with E-state index in [1.807, 2.05) is 26.2 Å². The number of carboxylic acids is 1. The van der Waals surface area contributed by atoms with Crippen LogP contribution in [-0.4, -0.2) is 43.7 Å². The van der Waals surface area contributed by atoms with Crippen LogP contribution in [0.15, 0.2) is 18.2 Å². The second-order valence-corrected chi connectivity index (χ2v) is 6.07. The van der Waals surface area contributed by atoms with Crippen LogP contribution in [0.25, 0.3) is 0 Å². The Hall–Kier alpha value is -1.55. The molecule has 0 saturated heterocycles. The maximum Gasteiger partial charge on any atom is 0.309 e. The molecule has 0 atom stereocenters. The van der Waals surface area contributed by atoms with Gasteiger partial charge in [0.2, 0.25) is 0 Å². The highest BCUT2D eigenvalue weighted by Crippen LogP contribution is 2.29. The number of hydrogen-bond donors (Lipinski definition) is 1. The molecule has 4 nitrogen and oxygen atoms in total. The normalized spacial score (nSPS) is 11.7. The number of methoxy groups -OCH3 is 1. The number of benzene rings is 1. The summed E-state index contributed by atoms with van der Waals surface area (Å²) in [6, 6.07) is 6.03. The summed E-state index contributed by atoms with van der Waals surface area (Å²) in [5, 5.41) is 9.26. The fourth-order valence-electron chi connectivity index (χ4n) is 2.03. The van der Waals surface area contributed by atoms with Crippen molar-refractivity contribution in [3.05, 3.63) is 29.3 Å². The summed E-state index contributed by atoms with van der Waals surface area (Å²) in [5.74, 6) is -0.0359. The Morgan fingerprint density at radius 3 is 2.50 bits per heavy atom. The van der Waals surface area contributed by atoms with Crippen molar-refractivity contribution in [3.8, 4) is 5.75 Å². The molecule has 0 amide bonds. The van der Waals surface area contributed by atoms with Crippen molar-refractivity contribution in [1.82, 2.24) is 4.90 Å². The Bertz CT molecular complexity index is 467.